The van der Waals surface area contributed by atoms with Crippen LogP contribution in [-0.2, 0) is 0 Å². The van der Waals surface area contributed by atoms with Crippen molar-refractivity contribution in [2.24, 2.45) is 0 Å². The molecule has 0 aromatic heterocycles. The maximum atomic E-state index is 11.8. The summed E-state index contributed by atoms with van der Waals surface area (Å²) in [7, 11) is 0. The average Bonchev–Trinajstić information content (AvgIpc) is 2.46. The topological polar surface area (TPSA) is 34.1 Å². The van der Waals surface area contributed by atoms with Crippen molar-refractivity contribution in [2.45, 2.75) is 6.92 Å². The maximum absolute atomic E-state index is 11.8. The first-order valence-corrected chi connectivity index (χ1v) is 6.14. The second-order valence-corrected chi connectivity index (χ2v) is 4.64. The van der Waals surface area contributed by atoms with Crippen molar-refractivity contribution < 1.29 is 0 Å². The first kappa shape index (κ1) is 11.6. The number of rotatable bonds is 2. The van der Waals surface area contributed by atoms with Gasteiger partial charge in [-0.3, -0.25) is 9.59 Å². The highest BCUT2D eigenvalue weighted by Gasteiger charge is 2.22. The smallest absolute Gasteiger partial charge is 0.234 e. The highest BCUT2D eigenvalue weighted by molar-refractivity contribution is 5.86. The fraction of sp³-hybridized carbons (Fsp3) is 0.0588. The van der Waals surface area contributed by atoms with Gasteiger partial charge < -0.3 is 0 Å². The van der Waals surface area contributed by atoms with Crippen molar-refractivity contribution in [1.82, 2.24) is 0 Å². The third-order valence-corrected chi connectivity index (χ3v) is 3.31. The van der Waals surface area contributed by atoms with Gasteiger partial charge in [-0.15, -0.1) is 0 Å². The molecule has 0 bridgehead atoms. The first-order valence-electron chi connectivity index (χ1n) is 6.14. The number of aryl methyl sites for hydroxylation is 1. The number of benzene rings is 2. The summed E-state index contributed by atoms with van der Waals surface area (Å²) in [5.41, 5.74) is 3.05. The Bertz CT molecular complexity index is 790. The van der Waals surface area contributed by atoms with E-state index >= 15 is 0 Å². The SMILES string of the molecule is Cc1ccc(-c2c(-c3ccccc3)c(=O)c2=O)cc1. The molecule has 0 spiro atoms. The van der Waals surface area contributed by atoms with E-state index in [9.17, 15) is 9.59 Å². The summed E-state index contributed by atoms with van der Waals surface area (Å²) in [6.45, 7) is 1.99. The van der Waals surface area contributed by atoms with Crippen molar-refractivity contribution >= 4 is 0 Å². The van der Waals surface area contributed by atoms with Crippen LogP contribution in [0.15, 0.2) is 64.2 Å². The second kappa shape index (κ2) is 4.32. The van der Waals surface area contributed by atoms with E-state index in [-0.39, 0.29) is 10.9 Å². The van der Waals surface area contributed by atoms with Gasteiger partial charge in [-0.2, -0.15) is 0 Å². The molecule has 0 unspecified atom stereocenters. The lowest BCUT2D eigenvalue weighted by atomic mass is 9.89. The van der Waals surface area contributed by atoms with Crippen LogP contribution in [-0.4, -0.2) is 0 Å². The Morgan fingerprint density at radius 3 is 1.63 bits per heavy atom. The van der Waals surface area contributed by atoms with Crippen LogP contribution in [0.5, 0.6) is 0 Å². The van der Waals surface area contributed by atoms with Crippen molar-refractivity contribution in [1.29, 1.82) is 0 Å². The van der Waals surface area contributed by atoms with Crippen molar-refractivity contribution in [3.05, 3.63) is 80.6 Å². The fourth-order valence-electron chi connectivity index (χ4n) is 2.27. The fourth-order valence-corrected chi connectivity index (χ4v) is 2.27. The Hall–Kier alpha value is -2.48. The minimum atomic E-state index is -0.387. The molecule has 2 heteroatoms. The lowest BCUT2D eigenvalue weighted by molar-refractivity contribution is 1.39. The Balaban J connectivity index is 2.19. The molecule has 92 valence electrons. The molecule has 0 amide bonds. The molecule has 0 aliphatic rings. The zero-order valence-electron chi connectivity index (χ0n) is 10.5. The molecule has 0 N–H and O–H groups in total. The molecule has 0 aliphatic heterocycles. The lowest BCUT2D eigenvalue weighted by Gasteiger charge is -2.11. The summed E-state index contributed by atoms with van der Waals surface area (Å²) in [5, 5.41) is 0. The minimum absolute atomic E-state index is 0.386. The first-order chi connectivity index (χ1) is 9.18. The van der Waals surface area contributed by atoms with Gasteiger partial charge in [-0.05, 0) is 18.1 Å². The van der Waals surface area contributed by atoms with E-state index in [2.05, 4.69) is 0 Å². The van der Waals surface area contributed by atoms with Gasteiger partial charge in [0.2, 0.25) is 10.9 Å². The van der Waals surface area contributed by atoms with Gasteiger partial charge >= 0.3 is 0 Å². The van der Waals surface area contributed by atoms with E-state index in [1.807, 2.05) is 61.5 Å². The molecular weight excluding hydrogens is 236 g/mol. The van der Waals surface area contributed by atoms with Crippen LogP contribution in [0.4, 0.5) is 0 Å². The summed E-state index contributed by atoms with van der Waals surface area (Å²) in [6.07, 6.45) is 0. The Kier molecular flexibility index (Phi) is 2.64. The monoisotopic (exact) mass is 248 g/mol. The molecule has 0 aliphatic carbocycles. The van der Waals surface area contributed by atoms with Crippen LogP contribution >= 0.6 is 0 Å². The lowest BCUT2D eigenvalue weighted by Crippen LogP contribution is -2.34. The van der Waals surface area contributed by atoms with Crippen molar-refractivity contribution in [3.63, 3.8) is 0 Å². The molecule has 0 saturated carbocycles. The van der Waals surface area contributed by atoms with E-state index in [0.717, 1.165) is 16.7 Å². The van der Waals surface area contributed by atoms with Crippen molar-refractivity contribution in [3.8, 4) is 22.3 Å². The molecule has 0 radical (unpaired) electrons. The quantitative estimate of drug-likeness (QED) is 0.653. The van der Waals surface area contributed by atoms with Gasteiger partial charge in [-0.25, -0.2) is 0 Å². The van der Waals surface area contributed by atoms with Crippen LogP contribution in [0.3, 0.4) is 0 Å². The summed E-state index contributed by atoms with van der Waals surface area (Å²) < 4.78 is 0. The highest BCUT2D eigenvalue weighted by Crippen LogP contribution is 2.28. The Morgan fingerprint density at radius 1 is 0.632 bits per heavy atom. The zero-order valence-corrected chi connectivity index (χ0v) is 10.5. The normalized spacial score (nSPS) is 10.8. The molecule has 19 heavy (non-hydrogen) atoms. The van der Waals surface area contributed by atoms with Gasteiger partial charge in [0.25, 0.3) is 0 Å². The van der Waals surface area contributed by atoms with E-state index in [4.69, 9.17) is 0 Å². The molecule has 3 rings (SSSR count). The standard InChI is InChI=1S/C17H12O2/c1-11-7-9-13(10-8-11)15-14(16(18)17(15)19)12-5-3-2-4-6-12/h2-10H,1H3. The molecule has 3 aromatic rings. The van der Waals surface area contributed by atoms with Crippen LogP contribution in [0.25, 0.3) is 22.3 Å². The van der Waals surface area contributed by atoms with Crippen LogP contribution < -0.4 is 10.9 Å². The van der Waals surface area contributed by atoms with Gasteiger partial charge in [0.05, 0.1) is 0 Å². The molecule has 0 heterocycles. The Morgan fingerprint density at radius 2 is 1.11 bits per heavy atom. The van der Waals surface area contributed by atoms with E-state index in [1.165, 1.54) is 0 Å². The van der Waals surface area contributed by atoms with E-state index < -0.39 is 0 Å². The summed E-state index contributed by atoms with van der Waals surface area (Å²) in [5.74, 6) is 0. The predicted molar refractivity (Wildman–Crippen MR) is 77.0 cm³/mol. The van der Waals surface area contributed by atoms with Crippen LogP contribution in [0, 0.1) is 6.92 Å². The third kappa shape index (κ3) is 1.82. The summed E-state index contributed by atoms with van der Waals surface area (Å²) in [6, 6.07) is 17.0. The maximum Gasteiger partial charge on any atom is 0.234 e. The summed E-state index contributed by atoms with van der Waals surface area (Å²) >= 11 is 0. The molecule has 0 atom stereocenters. The number of hydrogen-bond acceptors (Lipinski definition) is 2. The molecule has 0 fully saturated rings. The minimum Gasteiger partial charge on any atom is -0.285 e. The van der Waals surface area contributed by atoms with Crippen LogP contribution in [0.1, 0.15) is 5.56 Å². The second-order valence-electron chi connectivity index (χ2n) is 4.64. The average molecular weight is 248 g/mol. The predicted octanol–water partition coefficient (Wildman–Crippen LogP) is 2.93. The highest BCUT2D eigenvalue weighted by atomic mass is 16.2. The van der Waals surface area contributed by atoms with Crippen LogP contribution in [0.2, 0.25) is 0 Å². The van der Waals surface area contributed by atoms with Crippen molar-refractivity contribution in [2.75, 3.05) is 0 Å². The Labute approximate surface area is 110 Å². The van der Waals surface area contributed by atoms with E-state index in [1.54, 1.807) is 0 Å². The van der Waals surface area contributed by atoms with Gasteiger partial charge in [0.1, 0.15) is 0 Å². The molecular formula is C17H12O2. The summed E-state index contributed by atoms with van der Waals surface area (Å²) in [4.78, 5) is 23.6. The van der Waals surface area contributed by atoms with Gasteiger partial charge in [-0.1, -0.05) is 60.2 Å². The number of hydrogen-bond donors (Lipinski definition) is 0. The van der Waals surface area contributed by atoms with Gasteiger partial charge in [0.15, 0.2) is 0 Å². The van der Waals surface area contributed by atoms with Gasteiger partial charge in [0, 0.05) is 11.1 Å². The molecule has 3 aromatic carbocycles. The largest absolute Gasteiger partial charge is 0.285 e. The zero-order chi connectivity index (χ0) is 13.4. The third-order valence-electron chi connectivity index (χ3n) is 3.31. The molecule has 0 saturated heterocycles. The van der Waals surface area contributed by atoms with E-state index in [0.29, 0.717) is 11.1 Å². The molecule has 2 nitrogen and oxygen atoms in total.